The molecule has 1 aromatic carbocycles. The molecule has 3 rings (SSSR count). The molecule has 2 aromatic rings. The van der Waals surface area contributed by atoms with Gasteiger partial charge < -0.3 is 19.9 Å². The van der Waals surface area contributed by atoms with Gasteiger partial charge in [-0.2, -0.15) is 4.98 Å². The van der Waals surface area contributed by atoms with Crippen molar-refractivity contribution < 1.29 is 24.2 Å². The minimum Gasteiger partial charge on any atom is -0.465 e. The smallest absolute Gasteiger partial charge is 0.351 e. The van der Waals surface area contributed by atoms with E-state index in [1.165, 1.54) is 36.1 Å². The molecule has 9 nitrogen and oxygen atoms in total. The summed E-state index contributed by atoms with van der Waals surface area (Å²) in [6.07, 6.45) is 0.00554. The number of nitrogens with zero attached hydrogens (tertiary/aromatic N) is 2. The topological polar surface area (TPSA) is 120 Å². The fraction of sp³-hybridized carbons (Fsp3) is 0.333. The highest BCUT2D eigenvalue weighted by atomic mass is 16.5. The van der Waals surface area contributed by atoms with E-state index in [1.807, 2.05) is 0 Å². The van der Waals surface area contributed by atoms with Crippen molar-refractivity contribution >= 4 is 17.7 Å². The zero-order valence-corrected chi connectivity index (χ0v) is 14.8. The highest BCUT2D eigenvalue weighted by Gasteiger charge is 2.33. The Balaban J connectivity index is 1.81. The highest BCUT2D eigenvalue weighted by molar-refractivity contribution is 6.10. The lowest BCUT2D eigenvalue weighted by molar-refractivity contribution is -0.0347. The molecule has 27 heavy (non-hydrogen) atoms. The SMILES string of the molecule is COC(=O)c1ccccc1C(=O)Nc1ccn(C2OC(C)CC2O)c(=O)n1. The summed E-state index contributed by atoms with van der Waals surface area (Å²) in [5, 5.41) is 12.5. The molecule has 1 aromatic heterocycles. The molecular weight excluding hydrogens is 354 g/mol. The molecule has 1 aliphatic rings. The third-order valence-corrected chi connectivity index (χ3v) is 4.20. The van der Waals surface area contributed by atoms with Crippen LogP contribution < -0.4 is 11.0 Å². The lowest BCUT2D eigenvalue weighted by Gasteiger charge is -2.17. The molecule has 1 saturated heterocycles. The fourth-order valence-electron chi connectivity index (χ4n) is 2.92. The van der Waals surface area contributed by atoms with E-state index in [4.69, 9.17) is 4.74 Å². The fourth-order valence-corrected chi connectivity index (χ4v) is 2.92. The Labute approximate surface area is 154 Å². The molecule has 2 heterocycles. The van der Waals surface area contributed by atoms with Gasteiger partial charge in [0.05, 0.1) is 24.3 Å². The monoisotopic (exact) mass is 373 g/mol. The standard InChI is InChI=1S/C18H19N3O6/c1-10-9-13(22)16(27-10)21-8-7-14(20-18(21)25)19-15(23)11-5-3-4-6-12(11)17(24)26-2/h3-8,10,13,16,22H,9H2,1-2H3,(H,19,20,23,25). The molecule has 3 unspecified atom stereocenters. The summed E-state index contributed by atoms with van der Waals surface area (Å²) in [4.78, 5) is 40.3. The van der Waals surface area contributed by atoms with E-state index in [0.717, 1.165) is 0 Å². The van der Waals surface area contributed by atoms with Crippen molar-refractivity contribution in [1.29, 1.82) is 0 Å². The Kier molecular flexibility index (Phi) is 5.33. The summed E-state index contributed by atoms with van der Waals surface area (Å²) in [6.45, 7) is 1.80. The Bertz CT molecular complexity index is 925. The van der Waals surface area contributed by atoms with E-state index < -0.39 is 29.9 Å². The molecule has 0 radical (unpaired) electrons. The molecule has 0 bridgehead atoms. The van der Waals surface area contributed by atoms with Crippen LogP contribution >= 0.6 is 0 Å². The van der Waals surface area contributed by atoms with Gasteiger partial charge in [-0.3, -0.25) is 9.36 Å². The van der Waals surface area contributed by atoms with Crippen LogP contribution in [0.25, 0.3) is 0 Å². The summed E-state index contributed by atoms with van der Waals surface area (Å²) in [7, 11) is 1.22. The van der Waals surface area contributed by atoms with Gasteiger partial charge in [0.15, 0.2) is 6.23 Å². The molecule has 0 aliphatic carbocycles. The van der Waals surface area contributed by atoms with Gasteiger partial charge in [0.2, 0.25) is 0 Å². The van der Waals surface area contributed by atoms with Crippen LogP contribution in [0.4, 0.5) is 5.82 Å². The second kappa shape index (κ2) is 7.68. The number of aromatic nitrogens is 2. The summed E-state index contributed by atoms with van der Waals surface area (Å²) < 4.78 is 11.4. The molecule has 3 atom stereocenters. The zero-order valence-electron chi connectivity index (χ0n) is 14.8. The first-order valence-corrected chi connectivity index (χ1v) is 8.32. The van der Waals surface area contributed by atoms with E-state index in [1.54, 1.807) is 19.1 Å². The lowest BCUT2D eigenvalue weighted by Crippen LogP contribution is -2.32. The number of hydrogen-bond donors (Lipinski definition) is 2. The van der Waals surface area contributed by atoms with Crippen molar-refractivity contribution in [2.45, 2.75) is 31.8 Å². The predicted molar refractivity (Wildman–Crippen MR) is 94.4 cm³/mol. The van der Waals surface area contributed by atoms with Crippen molar-refractivity contribution in [3.63, 3.8) is 0 Å². The summed E-state index contributed by atoms with van der Waals surface area (Å²) in [5.74, 6) is -1.24. The van der Waals surface area contributed by atoms with Crippen molar-refractivity contribution in [3.05, 3.63) is 58.1 Å². The number of amides is 1. The van der Waals surface area contributed by atoms with Gasteiger partial charge in [0, 0.05) is 12.6 Å². The number of carbonyl (C=O) groups excluding carboxylic acids is 2. The highest BCUT2D eigenvalue weighted by Crippen LogP contribution is 2.27. The first-order chi connectivity index (χ1) is 12.9. The number of rotatable bonds is 4. The molecule has 9 heteroatoms. The van der Waals surface area contributed by atoms with Crippen molar-refractivity contribution in [2.24, 2.45) is 0 Å². The molecule has 142 valence electrons. The predicted octanol–water partition coefficient (Wildman–Crippen LogP) is 0.950. The molecule has 0 spiro atoms. The van der Waals surface area contributed by atoms with Gasteiger partial charge >= 0.3 is 11.7 Å². The van der Waals surface area contributed by atoms with Gasteiger partial charge in [-0.25, -0.2) is 9.59 Å². The number of ether oxygens (including phenoxy) is 2. The van der Waals surface area contributed by atoms with Gasteiger partial charge in [0.1, 0.15) is 11.9 Å². The van der Waals surface area contributed by atoms with Gasteiger partial charge in [0.25, 0.3) is 5.91 Å². The Morgan fingerprint density at radius 3 is 2.59 bits per heavy atom. The van der Waals surface area contributed by atoms with Crippen LogP contribution in [0.2, 0.25) is 0 Å². The quantitative estimate of drug-likeness (QED) is 0.766. The van der Waals surface area contributed by atoms with Crippen LogP contribution in [0.1, 0.15) is 40.3 Å². The first kappa shape index (κ1) is 18.7. The molecule has 1 amide bonds. The number of hydrogen-bond acceptors (Lipinski definition) is 7. The normalized spacial score (nSPS) is 21.7. The van der Waals surface area contributed by atoms with Gasteiger partial charge in [-0.15, -0.1) is 0 Å². The van der Waals surface area contributed by atoms with Crippen molar-refractivity contribution in [3.8, 4) is 0 Å². The first-order valence-electron chi connectivity index (χ1n) is 8.32. The number of aliphatic hydroxyl groups excluding tert-OH is 1. The zero-order chi connectivity index (χ0) is 19.6. The Hall–Kier alpha value is -3.04. The maximum absolute atomic E-state index is 12.5. The minimum absolute atomic E-state index is 0.0152. The summed E-state index contributed by atoms with van der Waals surface area (Å²) >= 11 is 0. The number of benzene rings is 1. The van der Waals surface area contributed by atoms with E-state index in [2.05, 4.69) is 15.0 Å². The average molecular weight is 373 g/mol. The van der Waals surface area contributed by atoms with Crippen LogP contribution in [0, 0.1) is 0 Å². The summed E-state index contributed by atoms with van der Waals surface area (Å²) in [5.41, 5.74) is -0.479. The van der Waals surface area contributed by atoms with Crippen molar-refractivity contribution in [1.82, 2.24) is 9.55 Å². The van der Waals surface area contributed by atoms with Crippen LogP contribution in [0.15, 0.2) is 41.3 Å². The van der Waals surface area contributed by atoms with Gasteiger partial charge in [-0.1, -0.05) is 12.1 Å². The van der Waals surface area contributed by atoms with Crippen LogP contribution in [-0.4, -0.2) is 45.9 Å². The second-order valence-electron chi connectivity index (χ2n) is 6.13. The van der Waals surface area contributed by atoms with Gasteiger partial charge in [-0.05, 0) is 25.1 Å². The lowest BCUT2D eigenvalue weighted by atomic mass is 10.1. The summed E-state index contributed by atoms with van der Waals surface area (Å²) in [6, 6.07) is 7.56. The average Bonchev–Trinajstić information content (AvgIpc) is 2.99. The number of nitrogens with one attached hydrogen (secondary N) is 1. The largest absolute Gasteiger partial charge is 0.465 e. The maximum atomic E-state index is 12.5. The third-order valence-electron chi connectivity index (χ3n) is 4.20. The molecular formula is C18H19N3O6. The molecule has 1 fully saturated rings. The van der Waals surface area contributed by atoms with Crippen LogP contribution in [0.5, 0.6) is 0 Å². The minimum atomic E-state index is -0.815. The van der Waals surface area contributed by atoms with E-state index in [-0.39, 0.29) is 23.0 Å². The third kappa shape index (κ3) is 3.88. The number of carbonyl (C=O) groups is 2. The number of methoxy groups -OCH3 is 1. The Morgan fingerprint density at radius 1 is 1.30 bits per heavy atom. The molecule has 0 saturated carbocycles. The van der Waals surface area contributed by atoms with Crippen molar-refractivity contribution in [2.75, 3.05) is 12.4 Å². The van der Waals surface area contributed by atoms with E-state index in [9.17, 15) is 19.5 Å². The number of anilines is 1. The van der Waals surface area contributed by atoms with E-state index >= 15 is 0 Å². The maximum Gasteiger partial charge on any atom is 0.351 e. The number of esters is 1. The Morgan fingerprint density at radius 2 is 2.00 bits per heavy atom. The van der Waals surface area contributed by atoms with Crippen LogP contribution in [-0.2, 0) is 9.47 Å². The molecule has 2 N–H and O–H groups in total. The van der Waals surface area contributed by atoms with E-state index in [0.29, 0.717) is 6.42 Å². The second-order valence-corrected chi connectivity index (χ2v) is 6.13. The molecule has 1 aliphatic heterocycles. The van der Waals surface area contributed by atoms with Crippen LogP contribution in [0.3, 0.4) is 0 Å². The number of aliphatic hydroxyl groups is 1.